The van der Waals surface area contributed by atoms with Crippen molar-refractivity contribution in [3.63, 3.8) is 0 Å². The van der Waals surface area contributed by atoms with Gasteiger partial charge in [-0.25, -0.2) is 4.39 Å². The van der Waals surface area contributed by atoms with Gasteiger partial charge in [0.05, 0.1) is 22.5 Å². The Morgan fingerprint density at radius 1 is 1.27 bits per heavy atom. The molecule has 1 heterocycles. The Kier molecular flexibility index (Phi) is 5.04. The fourth-order valence-corrected chi connectivity index (χ4v) is 3.35. The molecule has 6 heteroatoms. The highest BCUT2D eigenvalue weighted by atomic mass is 19.1. The molecule has 1 aliphatic rings. The molecule has 1 amide bonds. The van der Waals surface area contributed by atoms with E-state index in [1.165, 1.54) is 17.8 Å². The lowest BCUT2D eigenvalue weighted by Crippen LogP contribution is -2.40. The molecule has 26 heavy (non-hydrogen) atoms. The van der Waals surface area contributed by atoms with Crippen LogP contribution in [0, 0.1) is 5.82 Å². The predicted octanol–water partition coefficient (Wildman–Crippen LogP) is 2.90. The van der Waals surface area contributed by atoms with Gasteiger partial charge in [0, 0.05) is 18.2 Å². The van der Waals surface area contributed by atoms with Crippen LogP contribution < -0.4 is 16.8 Å². The van der Waals surface area contributed by atoms with E-state index < -0.39 is 11.7 Å². The first-order valence-corrected chi connectivity index (χ1v) is 8.64. The number of amides is 1. The van der Waals surface area contributed by atoms with E-state index in [0.717, 1.165) is 32.0 Å². The van der Waals surface area contributed by atoms with Gasteiger partial charge >= 0.3 is 0 Å². The molecule has 5 N–H and O–H groups in total. The van der Waals surface area contributed by atoms with Crippen LogP contribution >= 0.6 is 0 Å². The van der Waals surface area contributed by atoms with Crippen LogP contribution in [0.3, 0.4) is 0 Å². The normalized spacial score (nSPS) is 20.4. The summed E-state index contributed by atoms with van der Waals surface area (Å²) in [6.07, 6.45) is 3.63. The van der Waals surface area contributed by atoms with Gasteiger partial charge in [0.15, 0.2) is 0 Å². The maximum absolute atomic E-state index is 14.0. The van der Waals surface area contributed by atoms with Crippen LogP contribution in [0.15, 0.2) is 41.4 Å². The lowest BCUT2D eigenvalue weighted by Gasteiger charge is -2.34. The monoisotopic (exact) mass is 354 g/mol. The number of piperidine rings is 1. The molecular formula is C20H23FN4O. The standard InChI is InChI=1S/C20H23FN4O/c1-20(9-2-10-24-12-20)13-3-5-14(6-4-13)25-11-16-17(21)8-7-15(18(16)22)19(23)26/h3-8,11,24H,2,9-10,12,22H2,1H3,(H2,23,26). The number of halogens is 1. The van der Waals surface area contributed by atoms with E-state index in [0.29, 0.717) is 5.69 Å². The zero-order valence-electron chi connectivity index (χ0n) is 14.8. The van der Waals surface area contributed by atoms with Gasteiger partial charge in [0.1, 0.15) is 5.82 Å². The Balaban J connectivity index is 1.84. The van der Waals surface area contributed by atoms with Gasteiger partial charge in [-0.15, -0.1) is 0 Å². The zero-order valence-corrected chi connectivity index (χ0v) is 14.8. The van der Waals surface area contributed by atoms with E-state index in [1.807, 2.05) is 12.1 Å². The molecule has 5 nitrogen and oxygen atoms in total. The number of anilines is 1. The van der Waals surface area contributed by atoms with Gasteiger partial charge in [-0.3, -0.25) is 9.79 Å². The maximum Gasteiger partial charge on any atom is 0.250 e. The van der Waals surface area contributed by atoms with Crippen LogP contribution in [-0.4, -0.2) is 25.2 Å². The van der Waals surface area contributed by atoms with E-state index >= 15 is 0 Å². The third-order valence-corrected chi connectivity index (χ3v) is 5.00. The minimum atomic E-state index is -0.698. The number of nitrogens with zero attached hydrogens (tertiary/aromatic N) is 1. The van der Waals surface area contributed by atoms with Crippen LogP contribution in [0.1, 0.15) is 41.3 Å². The predicted molar refractivity (Wildman–Crippen MR) is 102 cm³/mol. The number of aliphatic imine (C=N–C) groups is 1. The highest BCUT2D eigenvalue weighted by molar-refractivity contribution is 6.03. The van der Waals surface area contributed by atoms with Crippen LogP contribution in [0.4, 0.5) is 15.8 Å². The Morgan fingerprint density at radius 2 is 2.00 bits per heavy atom. The third-order valence-electron chi connectivity index (χ3n) is 5.00. The van der Waals surface area contributed by atoms with Crippen LogP contribution in [0.25, 0.3) is 0 Å². The lowest BCUT2D eigenvalue weighted by molar-refractivity contribution is 0.100. The van der Waals surface area contributed by atoms with E-state index in [-0.39, 0.29) is 22.2 Å². The van der Waals surface area contributed by atoms with Crippen molar-refractivity contribution in [3.05, 3.63) is 58.9 Å². The zero-order chi connectivity index (χ0) is 18.7. The van der Waals surface area contributed by atoms with E-state index in [4.69, 9.17) is 11.5 Å². The second-order valence-corrected chi connectivity index (χ2v) is 6.93. The molecule has 1 aliphatic heterocycles. The molecule has 2 aromatic rings. The molecule has 0 aromatic heterocycles. The van der Waals surface area contributed by atoms with Crippen molar-refractivity contribution in [1.29, 1.82) is 0 Å². The van der Waals surface area contributed by atoms with Crippen molar-refractivity contribution in [3.8, 4) is 0 Å². The summed E-state index contributed by atoms with van der Waals surface area (Å²) in [5.41, 5.74) is 13.3. The summed E-state index contributed by atoms with van der Waals surface area (Å²) in [4.78, 5) is 15.6. The van der Waals surface area contributed by atoms with Crippen LogP contribution in [0.5, 0.6) is 0 Å². The Bertz CT molecular complexity index is 840. The molecule has 1 atom stereocenters. The molecule has 0 saturated carbocycles. The van der Waals surface area contributed by atoms with E-state index in [9.17, 15) is 9.18 Å². The number of carbonyl (C=O) groups is 1. The Hall–Kier alpha value is -2.73. The average Bonchev–Trinajstić information content (AvgIpc) is 2.62. The number of nitrogens with two attached hydrogens (primary N) is 2. The van der Waals surface area contributed by atoms with Crippen LogP contribution in [0.2, 0.25) is 0 Å². The third kappa shape index (κ3) is 3.60. The van der Waals surface area contributed by atoms with Crippen molar-refractivity contribution in [2.24, 2.45) is 10.7 Å². The second-order valence-electron chi connectivity index (χ2n) is 6.93. The van der Waals surface area contributed by atoms with E-state index in [1.54, 1.807) is 0 Å². The highest BCUT2D eigenvalue weighted by Gasteiger charge is 2.28. The summed E-state index contributed by atoms with van der Waals surface area (Å²) in [5, 5.41) is 3.44. The minimum Gasteiger partial charge on any atom is -0.397 e. The summed E-state index contributed by atoms with van der Waals surface area (Å²) < 4.78 is 14.0. The first kappa shape index (κ1) is 18.1. The molecule has 1 saturated heterocycles. The van der Waals surface area contributed by atoms with Crippen molar-refractivity contribution in [1.82, 2.24) is 5.32 Å². The summed E-state index contributed by atoms with van der Waals surface area (Å²) in [6.45, 7) is 4.27. The van der Waals surface area contributed by atoms with Crippen LogP contribution in [-0.2, 0) is 5.41 Å². The number of rotatable bonds is 4. The van der Waals surface area contributed by atoms with Gasteiger partial charge in [-0.05, 0) is 49.2 Å². The fraction of sp³-hybridized carbons (Fsp3) is 0.300. The SMILES string of the molecule is CC1(c2ccc(N=Cc3c(F)ccc(C(N)=O)c3N)cc2)CCCNC1. The number of nitrogens with one attached hydrogen (secondary N) is 1. The summed E-state index contributed by atoms with van der Waals surface area (Å²) in [6, 6.07) is 10.4. The summed E-state index contributed by atoms with van der Waals surface area (Å²) in [7, 11) is 0. The quantitative estimate of drug-likeness (QED) is 0.582. The number of hydrogen-bond acceptors (Lipinski definition) is 4. The maximum atomic E-state index is 14.0. The molecule has 0 radical (unpaired) electrons. The van der Waals surface area contributed by atoms with Crippen molar-refractivity contribution < 1.29 is 9.18 Å². The number of carbonyl (C=O) groups excluding carboxylic acids is 1. The molecule has 136 valence electrons. The fourth-order valence-electron chi connectivity index (χ4n) is 3.35. The molecule has 0 bridgehead atoms. The molecule has 2 aromatic carbocycles. The minimum absolute atomic E-state index is 0.00124. The van der Waals surface area contributed by atoms with Gasteiger partial charge in [-0.2, -0.15) is 0 Å². The molecule has 0 spiro atoms. The molecule has 3 rings (SSSR count). The van der Waals surface area contributed by atoms with Gasteiger partial charge in [0.2, 0.25) is 0 Å². The first-order chi connectivity index (χ1) is 12.4. The number of hydrogen-bond donors (Lipinski definition) is 3. The number of benzene rings is 2. The molecular weight excluding hydrogens is 331 g/mol. The first-order valence-electron chi connectivity index (χ1n) is 8.64. The van der Waals surface area contributed by atoms with Gasteiger partial charge < -0.3 is 16.8 Å². The second kappa shape index (κ2) is 7.25. The molecule has 1 fully saturated rings. The summed E-state index contributed by atoms with van der Waals surface area (Å²) in [5.74, 6) is -1.25. The summed E-state index contributed by atoms with van der Waals surface area (Å²) >= 11 is 0. The number of primary amides is 1. The van der Waals surface area contributed by atoms with Gasteiger partial charge in [0.25, 0.3) is 5.91 Å². The van der Waals surface area contributed by atoms with Crippen molar-refractivity contribution in [2.45, 2.75) is 25.2 Å². The van der Waals surface area contributed by atoms with Crippen molar-refractivity contribution in [2.75, 3.05) is 18.8 Å². The molecule has 1 unspecified atom stereocenters. The average molecular weight is 354 g/mol. The number of nitrogen functional groups attached to an aromatic ring is 1. The Morgan fingerprint density at radius 3 is 2.62 bits per heavy atom. The molecule has 0 aliphatic carbocycles. The van der Waals surface area contributed by atoms with Gasteiger partial charge in [-0.1, -0.05) is 19.1 Å². The highest BCUT2D eigenvalue weighted by Crippen LogP contribution is 2.31. The topological polar surface area (TPSA) is 93.5 Å². The van der Waals surface area contributed by atoms with Crippen molar-refractivity contribution >= 4 is 23.5 Å². The Labute approximate surface area is 152 Å². The smallest absolute Gasteiger partial charge is 0.250 e. The largest absolute Gasteiger partial charge is 0.397 e. The van der Waals surface area contributed by atoms with E-state index in [2.05, 4.69) is 29.4 Å². The lowest BCUT2D eigenvalue weighted by atomic mass is 9.76.